The maximum Gasteiger partial charge on any atom is 0.187 e. The fourth-order valence-corrected chi connectivity index (χ4v) is 1.88. The Morgan fingerprint density at radius 2 is 1.67 bits per heavy atom. The lowest BCUT2D eigenvalue weighted by atomic mass is 9.91. The van der Waals surface area contributed by atoms with Gasteiger partial charge in [0.25, 0.3) is 0 Å². The number of nitrogens with zero attached hydrogens (tertiary/aromatic N) is 1. The van der Waals surface area contributed by atoms with Crippen molar-refractivity contribution >= 4 is 5.78 Å². The third-order valence-electron chi connectivity index (χ3n) is 2.83. The maximum absolute atomic E-state index is 13.6. The molecule has 0 heterocycles. The molecule has 0 aromatic heterocycles. The molecule has 2 nitrogen and oxygen atoms in total. The van der Waals surface area contributed by atoms with Crippen LogP contribution in [0.2, 0.25) is 0 Å². The van der Waals surface area contributed by atoms with E-state index in [1.54, 1.807) is 6.07 Å². The van der Waals surface area contributed by atoms with Crippen LogP contribution in [0.25, 0.3) is 0 Å². The molecule has 0 saturated carbocycles. The van der Waals surface area contributed by atoms with E-state index in [1.165, 1.54) is 0 Å². The van der Waals surface area contributed by atoms with E-state index in [-0.39, 0.29) is 5.56 Å². The Kier molecular flexibility index (Phi) is 4.03. The first-order valence-electron chi connectivity index (χ1n) is 5.78. The van der Waals surface area contributed by atoms with Crippen molar-refractivity contribution in [1.29, 1.82) is 5.26 Å². The molecule has 106 valence electrons. The quantitative estimate of drug-likeness (QED) is 0.639. The zero-order chi connectivity index (χ0) is 15.6. The van der Waals surface area contributed by atoms with E-state index < -0.39 is 40.5 Å². The Bertz CT molecular complexity index is 732. The van der Waals surface area contributed by atoms with Crippen LogP contribution in [0.5, 0.6) is 0 Å². The molecule has 0 bridgehead atoms. The van der Waals surface area contributed by atoms with Crippen molar-refractivity contribution in [2.45, 2.75) is 5.92 Å². The second kappa shape index (κ2) is 5.75. The lowest BCUT2D eigenvalue weighted by molar-refractivity contribution is 0.0974. The molecule has 0 amide bonds. The van der Waals surface area contributed by atoms with Crippen molar-refractivity contribution in [3.63, 3.8) is 0 Å². The number of nitriles is 1. The molecule has 0 aliphatic rings. The van der Waals surface area contributed by atoms with Gasteiger partial charge in [0.1, 0.15) is 17.6 Å². The first-order chi connectivity index (χ1) is 9.93. The number of carbonyl (C=O) groups excluding carboxylic acids is 1. The normalized spacial score (nSPS) is 11.8. The van der Waals surface area contributed by atoms with Gasteiger partial charge in [-0.3, -0.25) is 4.79 Å². The lowest BCUT2D eigenvalue weighted by Crippen LogP contribution is -2.14. The summed E-state index contributed by atoms with van der Waals surface area (Å²) in [6.45, 7) is 0. The van der Waals surface area contributed by atoms with Crippen molar-refractivity contribution in [3.05, 3.63) is 70.8 Å². The molecule has 0 spiro atoms. The summed E-state index contributed by atoms with van der Waals surface area (Å²) in [6, 6.07) is 6.63. The van der Waals surface area contributed by atoms with Crippen LogP contribution in [-0.4, -0.2) is 5.78 Å². The van der Waals surface area contributed by atoms with Gasteiger partial charge in [0.05, 0.1) is 11.6 Å². The van der Waals surface area contributed by atoms with Crippen LogP contribution in [0.1, 0.15) is 21.8 Å². The second-order valence-corrected chi connectivity index (χ2v) is 4.23. The molecule has 0 fully saturated rings. The van der Waals surface area contributed by atoms with Crippen molar-refractivity contribution in [3.8, 4) is 6.07 Å². The van der Waals surface area contributed by atoms with Crippen LogP contribution in [0, 0.1) is 34.6 Å². The summed E-state index contributed by atoms with van der Waals surface area (Å²) in [5.74, 6) is -7.30. The van der Waals surface area contributed by atoms with Gasteiger partial charge in [0.15, 0.2) is 17.4 Å². The van der Waals surface area contributed by atoms with E-state index >= 15 is 0 Å². The number of carbonyl (C=O) groups is 1. The zero-order valence-corrected chi connectivity index (χ0v) is 10.4. The molecular weight excluding hydrogens is 286 g/mol. The predicted molar refractivity (Wildman–Crippen MR) is 65.4 cm³/mol. The number of Topliss-reactive ketones (excluding diaryl/α,β-unsaturated/α-hetero) is 1. The van der Waals surface area contributed by atoms with Crippen molar-refractivity contribution in [2.24, 2.45) is 0 Å². The molecule has 1 atom stereocenters. The van der Waals surface area contributed by atoms with Gasteiger partial charge in [-0.05, 0) is 29.8 Å². The zero-order valence-electron chi connectivity index (χ0n) is 10.4. The van der Waals surface area contributed by atoms with E-state index in [1.807, 2.05) is 0 Å². The van der Waals surface area contributed by atoms with Crippen LogP contribution >= 0.6 is 0 Å². The fourth-order valence-electron chi connectivity index (χ4n) is 1.88. The van der Waals surface area contributed by atoms with Gasteiger partial charge in [-0.15, -0.1) is 0 Å². The van der Waals surface area contributed by atoms with E-state index in [9.17, 15) is 22.4 Å². The summed E-state index contributed by atoms with van der Waals surface area (Å²) < 4.78 is 53.0. The standard InChI is InChI=1S/C15H7F4NO/c16-9-4-8(5-10(17)6-9)12(7-20)15(21)11-2-1-3-13(18)14(11)19/h1-6,12H. The predicted octanol–water partition coefficient (Wildman–Crippen LogP) is 3.73. The number of halogens is 4. The topological polar surface area (TPSA) is 40.9 Å². The Balaban J connectivity index is 2.49. The highest BCUT2D eigenvalue weighted by molar-refractivity contribution is 6.03. The number of ketones is 1. The number of rotatable bonds is 3. The first kappa shape index (κ1) is 14.7. The van der Waals surface area contributed by atoms with Crippen LogP contribution < -0.4 is 0 Å². The largest absolute Gasteiger partial charge is 0.292 e. The van der Waals surface area contributed by atoms with Crippen LogP contribution in [0.3, 0.4) is 0 Å². The van der Waals surface area contributed by atoms with Gasteiger partial charge in [-0.1, -0.05) is 6.07 Å². The summed E-state index contributed by atoms with van der Waals surface area (Å²) in [6.07, 6.45) is 0. The Hall–Kier alpha value is -2.68. The Morgan fingerprint density at radius 1 is 1.05 bits per heavy atom. The van der Waals surface area contributed by atoms with Crippen LogP contribution in [-0.2, 0) is 0 Å². The molecule has 0 aliphatic heterocycles. The molecule has 6 heteroatoms. The van der Waals surface area contributed by atoms with Gasteiger partial charge < -0.3 is 0 Å². The average Bonchev–Trinajstić information content (AvgIpc) is 2.41. The van der Waals surface area contributed by atoms with Gasteiger partial charge in [-0.25, -0.2) is 17.6 Å². The minimum Gasteiger partial charge on any atom is -0.292 e. The molecule has 0 radical (unpaired) electrons. The van der Waals surface area contributed by atoms with Gasteiger partial charge in [-0.2, -0.15) is 5.26 Å². The third kappa shape index (κ3) is 2.92. The summed E-state index contributed by atoms with van der Waals surface area (Å²) in [5.41, 5.74) is -0.908. The molecule has 2 aromatic carbocycles. The Morgan fingerprint density at radius 3 is 2.24 bits per heavy atom. The summed E-state index contributed by atoms with van der Waals surface area (Å²) >= 11 is 0. The molecule has 0 aliphatic carbocycles. The van der Waals surface area contributed by atoms with Crippen molar-refractivity contribution in [2.75, 3.05) is 0 Å². The number of hydrogen-bond donors (Lipinski definition) is 0. The molecule has 21 heavy (non-hydrogen) atoms. The minimum atomic E-state index is -1.63. The maximum atomic E-state index is 13.6. The summed E-state index contributed by atoms with van der Waals surface area (Å²) in [7, 11) is 0. The first-order valence-corrected chi connectivity index (χ1v) is 5.78. The fraction of sp³-hybridized carbons (Fsp3) is 0.0667. The summed E-state index contributed by atoms with van der Waals surface area (Å²) in [5, 5.41) is 9.02. The molecule has 0 N–H and O–H groups in total. The highest BCUT2D eigenvalue weighted by Gasteiger charge is 2.26. The van der Waals surface area contributed by atoms with E-state index in [4.69, 9.17) is 5.26 Å². The Labute approximate surface area is 117 Å². The molecular formula is C15H7F4NO. The number of hydrogen-bond acceptors (Lipinski definition) is 2. The summed E-state index contributed by atoms with van der Waals surface area (Å²) in [4.78, 5) is 12.1. The molecule has 1 unspecified atom stereocenters. The second-order valence-electron chi connectivity index (χ2n) is 4.23. The molecule has 0 saturated heterocycles. The van der Waals surface area contributed by atoms with Crippen molar-refractivity contribution in [1.82, 2.24) is 0 Å². The van der Waals surface area contributed by atoms with E-state index in [0.717, 1.165) is 30.3 Å². The van der Waals surface area contributed by atoms with Gasteiger partial charge in [0.2, 0.25) is 0 Å². The van der Waals surface area contributed by atoms with Crippen LogP contribution in [0.4, 0.5) is 17.6 Å². The van der Waals surface area contributed by atoms with Gasteiger partial charge in [0, 0.05) is 6.07 Å². The van der Waals surface area contributed by atoms with Crippen molar-refractivity contribution < 1.29 is 22.4 Å². The highest BCUT2D eigenvalue weighted by atomic mass is 19.2. The monoisotopic (exact) mass is 293 g/mol. The SMILES string of the molecule is N#CC(C(=O)c1cccc(F)c1F)c1cc(F)cc(F)c1. The smallest absolute Gasteiger partial charge is 0.187 e. The van der Waals surface area contributed by atoms with E-state index in [2.05, 4.69) is 0 Å². The highest BCUT2D eigenvalue weighted by Crippen LogP contribution is 2.24. The lowest BCUT2D eigenvalue weighted by Gasteiger charge is -2.10. The number of benzene rings is 2. The molecule has 2 rings (SSSR count). The third-order valence-corrected chi connectivity index (χ3v) is 2.83. The van der Waals surface area contributed by atoms with E-state index in [0.29, 0.717) is 6.07 Å². The average molecular weight is 293 g/mol. The van der Waals surface area contributed by atoms with Gasteiger partial charge >= 0.3 is 0 Å². The van der Waals surface area contributed by atoms with Crippen LogP contribution in [0.15, 0.2) is 36.4 Å². The molecule has 2 aromatic rings. The minimum absolute atomic E-state index is 0.260.